The molecule has 0 amide bonds. The molecular formula is C22H37IN4O. The minimum Gasteiger partial charge on any atom is -0.393 e. The molecule has 0 aliphatic carbocycles. The Balaban J connectivity index is 0.00000280. The summed E-state index contributed by atoms with van der Waals surface area (Å²) in [5.41, 5.74) is 2.60. The Morgan fingerprint density at radius 2 is 1.79 bits per heavy atom. The van der Waals surface area contributed by atoms with Crippen LogP contribution in [0.2, 0.25) is 0 Å². The van der Waals surface area contributed by atoms with E-state index in [1.54, 1.807) is 0 Å². The smallest absolute Gasteiger partial charge is 0.194 e. The Morgan fingerprint density at radius 1 is 1.11 bits per heavy atom. The zero-order chi connectivity index (χ0) is 19.1. The number of aliphatic hydroxyl groups excluding tert-OH is 1. The monoisotopic (exact) mass is 500 g/mol. The van der Waals surface area contributed by atoms with Crippen molar-refractivity contribution in [2.24, 2.45) is 10.9 Å². The van der Waals surface area contributed by atoms with Crippen molar-refractivity contribution in [1.29, 1.82) is 0 Å². The van der Waals surface area contributed by atoms with Crippen molar-refractivity contribution in [2.75, 3.05) is 32.7 Å². The van der Waals surface area contributed by atoms with Crippen LogP contribution in [-0.2, 0) is 13.1 Å². The molecule has 2 N–H and O–H groups in total. The molecule has 2 aliphatic heterocycles. The van der Waals surface area contributed by atoms with Crippen LogP contribution < -0.4 is 5.32 Å². The molecule has 158 valence electrons. The highest BCUT2D eigenvalue weighted by Crippen LogP contribution is 2.17. The third kappa shape index (κ3) is 7.19. The van der Waals surface area contributed by atoms with Gasteiger partial charge in [0.2, 0.25) is 0 Å². The maximum atomic E-state index is 9.63. The van der Waals surface area contributed by atoms with Gasteiger partial charge in [-0.1, -0.05) is 31.2 Å². The van der Waals surface area contributed by atoms with Crippen molar-refractivity contribution < 1.29 is 5.11 Å². The summed E-state index contributed by atoms with van der Waals surface area (Å²) in [6, 6.07) is 8.87. The molecule has 6 heteroatoms. The van der Waals surface area contributed by atoms with E-state index in [2.05, 4.69) is 53.2 Å². The van der Waals surface area contributed by atoms with Crippen molar-refractivity contribution in [3.63, 3.8) is 0 Å². The van der Waals surface area contributed by atoms with E-state index in [9.17, 15) is 5.11 Å². The Hall–Kier alpha value is -0.860. The third-order valence-corrected chi connectivity index (χ3v) is 5.69. The first kappa shape index (κ1) is 23.4. The van der Waals surface area contributed by atoms with E-state index in [1.165, 1.54) is 24.0 Å². The molecule has 2 heterocycles. The molecule has 1 aromatic carbocycles. The molecule has 5 nitrogen and oxygen atoms in total. The van der Waals surface area contributed by atoms with Crippen LogP contribution in [0.25, 0.3) is 0 Å². The molecule has 0 saturated carbocycles. The Bertz CT molecular complexity index is 599. The second-order valence-corrected chi connectivity index (χ2v) is 8.19. The third-order valence-electron chi connectivity index (χ3n) is 5.69. The maximum Gasteiger partial charge on any atom is 0.194 e. The van der Waals surface area contributed by atoms with E-state index in [-0.39, 0.29) is 30.1 Å². The molecule has 2 aliphatic rings. The molecule has 1 aromatic rings. The summed E-state index contributed by atoms with van der Waals surface area (Å²) in [6.45, 7) is 11.3. The van der Waals surface area contributed by atoms with Crippen LogP contribution in [0.15, 0.2) is 29.3 Å². The van der Waals surface area contributed by atoms with Gasteiger partial charge >= 0.3 is 0 Å². The summed E-state index contributed by atoms with van der Waals surface area (Å²) in [4.78, 5) is 9.73. The van der Waals surface area contributed by atoms with Crippen molar-refractivity contribution in [2.45, 2.75) is 58.7 Å². The number of benzene rings is 1. The Morgan fingerprint density at radius 3 is 2.43 bits per heavy atom. The number of nitrogens with zero attached hydrogens (tertiary/aromatic N) is 3. The second-order valence-electron chi connectivity index (χ2n) is 8.19. The standard InChI is InChI=1S/C22H36N4O.HI/c1-3-23-22(26-12-4-5-18(2)16-26)24-15-19-6-8-20(9-7-19)17-25-13-10-21(27)11-14-25;/h6-9,18,21,27H,3-5,10-17H2,1-2H3,(H,23,24);1H. The minimum atomic E-state index is -0.102. The van der Waals surface area contributed by atoms with Gasteiger partial charge in [0.1, 0.15) is 0 Å². The number of aliphatic hydroxyl groups is 1. The van der Waals surface area contributed by atoms with Gasteiger partial charge in [-0.05, 0) is 49.7 Å². The maximum absolute atomic E-state index is 9.63. The first-order chi connectivity index (χ1) is 13.1. The number of nitrogens with one attached hydrogen (secondary N) is 1. The van der Waals surface area contributed by atoms with Gasteiger partial charge in [-0.3, -0.25) is 4.90 Å². The van der Waals surface area contributed by atoms with E-state index in [0.29, 0.717) is 0 Å². The first-order valence-electron chi connectivity index (χ1n) is 10.7. The number of hydrogen-bond acceptors (Lipinski definition) is 3. The predicted octanol–water partition coefficient (Wildman–Crippen LogP) is 3.46. The average molecular weight is 500 g/mol. The highest BCUT2D eigenvalue weighted by molar-refractivity contribution is 14.0. The number of rotatable bonds is 5. The fraction of sp³-hybridized carbons (Fsp3) is 0.682. The van der Waals surface area contributed by atoms with Gasteiger partial charge in [-0.15, -0.1) is 24.0 Å². The SMILES string of the molecule is CCNC(=NCc1ccc(CN2CCC(O)CC2)cc1)N1CCCC(C)C1.I. The van der Waals surface area contributed by atoms with Crippen molar-refractivity contribution in [3.05, 3.63) is 35.4 Å². The van der Waals surface area contributed by atoms with Gasteiger partial charge in [0.15, 0.2) is 5.96 Å². The average Bonchev–Trinajstić information content (AvgIpc) is 2.68. The molecule has 0 spiro atoms. The summed E-state index contributed by atoms with van der Waals surface area (Å²) in [5, 5.41) is 13.1. The van der Waals surface area contributed by atoms with Crippen LogP contribution in [0.3, 0.4) is 0 Å². The topological polar surface area (TPSA) is 51.1 Å². The van der Waals surface area contributed by atoms with Crippen molar-refractivity contribution >= 4 is 29.9 Å². The molecule has 28 heavy (non-hydrogen) atoms. The molecule has 1 atom stereocenters. The molecule has 1 unspecified atom stereocenters. The highest BCUT2D eigenvalue weighted by atomic mass is 127. The zero-order valence-electron chi connectivity index (χ0n) is 17.4. The summed E-state index contributed by atoms with van der Waals surface area (Å²) in [5.74, 6) is 1.80. The lowest BCUT2D eigenvalue weighted by Gasteiger charge is -2.33. The molecule has 0 radical (unpaired) electrons. The van der Waals surface area contributed by atoms with Gasteiger partial charge in [-0.25, -0.2) is 4.99 Å². The second kappa shape index (κ2) is 12.0. The van der Waals surface area contributed by atoms with E-state index in [0.717, 1.165) is 70.5 Å². The largest absolute Gasteiger partial charge is 0.393 e. The predicted molar refractivity (Wildman–Crippen MR) is 127 cm³/mol. The van der Waals surface area contributed by atoms with E-state index in [1.807, 2.05) is 0 Å². The van der Waals surface area contributed by atoms with Gasteiger partial charge in [0.05, 0.1) is 12.6 Å². The van der Waals surface area contributed by atoms with E-state index < -0.39 is 0 Å². The molecule has 0 aromatic heterocycles. The minimum absolute atomic E-state index is 0. The Labute approximate surface area is 187 Å². The number of aliphatic imine (C=N–C) groups is 1. The van der Waals surface area contributed by atoms with Crippen LogP contribution in [-0.4, -0.2) is 59.7 Å². The van der Waals surface area contributed by atoms with Crippen LogP contribution in [0, 0.1) is 5.92 Å². The summed E-state index contributed by atoms with van der Waals surface area (Å²) in [7, 11) is 0. The van der Waals surface area contributed by atoms with Crippen LogP contribution in [0.5, 0.6) is 0 Å². The fourth-order valence-corrected chi connectivity index (χ4v) is 4.06. The molecule has 2 saturated heterocycles. The molecule has 3 rings (SSSR count). The molecule has 0 bridgehead atoms. The van der Waals surface area contributed by atoms with Crippen LogP contribution in [0.4, 0.5) is 0 Å². The number of hydrogen-bond donors (Lipinski definition) is 2. The van der Waals surface area contributed by atoms with Crippen molar-refractivity contribution in [3.8, 4) is 0 Å². The number of halogens is 1. The lowest BCUT2D eigenvalue weighted by atomic mass is 10.0. The fourth-order valence-electron chi connectivity index (χ4n) is 4.06. The first-order valence-corrected chi connectivity index (χ1v) is 10.7. The highest BCUT2D eigenvalue weighted by Gasteiger charge is 2.19. The number of piperidine rings is 2. The number of likely N-dealkylation sites (tertiary alicyclic amines) is 2. The zero-order valence-corrected chi connectivity index (χ0v) is 19.8. The molecule has 2 fully saturated rings. The quantitative estimate of drug-likeness (QED) is 0.370. The van der Waals surface area contributed by atoms with E-state index in [4.69, 9.17) is 4.99 Å². The lowest BCUT2D eigenvalue weighted by molar-refractivity contribution is 0.0792. The van der Waals surface area contributed by atoms with Gasteiger partial charge in [-0.2, -0.15) is 0 Å². The summed E-state index contributed by atoms with van der Waals surface area (Å²) in [6.07, 6.45) is 4.28. The summed E-state index contributed by atoms with van der Waals surface area (Å²) >= 11 is 0. The molecular weight excluding hydrogens is 463 g/mol. The normalized spacial score (nSPS) is 22.0. The van der Waals surface area contributed by atoms with Gasteiger partial charge < -0.3 is 15.3 Å². The lowest BCUT2D eigenvalue weighted by Crippen LogP contribution is -2.46. The Kier molecular flexibility index (Phi) is 10.0. The van der Waals surface area contributed by atoms with Crippen LogP contribution in [0.1, 0.15) is 50.7 Å². The summed E-state index contributed by atoms with van der Waals surface area (Å²) < 4.78 is 0. The van der Waals surface area contributed by atoms with Gasteiger partial charge in [0, 0.05) is 39.3 Å². The number of guanidine groups is 1. The van der Waals surface area contributed by atoms with Crippen molar-refractivity contribution in [1.82, 2.24) is 15.1 Å². The van der Waals surface area contributed by atoms with E-state index >= 15 is 0 Å². The van der Waals surface area contributed by atoms with Crippen LogP contribution >= 0.6 is 24.0 Å². The van der Waals surface area contributed by atoms with Gasteiger partial charge in [0.25, 0.3) is 0 Å².